The number of rotatable bonds is 2. The van der Waals surface area contributed by atoms with Crippen molar-refractivity contribution in [3.63, 3.8) is 0 Å². The number of anilines is 1. The van der Waals surface area contributed by atoms with Gasteiger partial charge in [-0.3, -0.25) is 0 Å². The molecule has 0 radical (unpaired) electrons. The third kappa shape index (κ3) is 2.01. The lowest BCUT2D eigenvalue weighted by molar-refractivity contribution is 0.916. The highest BCUT2D eigenvalue weighted by Crippen LogP contribution is 2.25. The fourth-order valence-corrected chi connectivity index (χ4v) is 2.06. The average Bonchev–Trinajstić information content (AvgIpc) is 2.77. The number of aromatic amines is 1. The largest absolute Gasteiger partial charge is 0.371 e. The molecule has 0 fully saturated rings. The third-order valence-corrected chi connectivity index (χ3v) is 2.90. The van der Waals surface area contributed by atoms with Gasteiger partial charge in [0, 0.05) is 12.6 Å². The number of aromatic nitrogens is 5. The van der Waals surface area contributed by atoms with Crippen LogP contribution in [0.5, 0.6) is 0 Å². The van der Waals surface area contributed by atoms with E-state index in [0.717, 1.165) is 33.9 Å². The monoisotopic (exact) mass is 254 g/mol. The van der Waals surface area contributed by atoms with Crippen molar-refractivity contribution in [2.24, 2.45) is 0 Å². The Hall–Kier alpha value is -2.50. The first-order valence-corrected chi connectivity index (χ1v) is 6.03. The van der Waals surface area contributed by atoms with E-state index in [2.05, 4.69) is 30.5 Å². The molecule has 0 aliphatic rings. The molecule has 96 valence electrons. The smallest absolute Gasteiger partial charge is 0.156 e. The van der Waals surface area contributed by atoms with Crippen LogP contribution >= 0.6 is 0 Å². The van der Waals surface area contributed by atoms with Crippen LogP contribution < -0.4 is 5.32 Å². The predicted octanol–water partition coefficient (Wildman–Crippen LogP) is 2.07. The summed E-state index contributed by atoms with van der Waals surface area (Å²) in [4.78, 5) is 11.9. The maximum Gasteiger partial charge on any atom is 0.156 e. The minimum Gasteiger partial charge on any atom is -0.371 e. The molecule has 0 amide bonds. The van der Waals surface area contributed by atoms with Crippen LogP contribution in [0.1, 0.15) is 11.6 Å². The Bertz CT molecular complexity index is 746. The van der Waals surface area contributed by atoms with Gasteiger partial charge in [-0.05, 0) is 26.0 Å². The zero-order chi connectivity index (χ0) is 13.4. The molecule has 0 spiro atoms. The number of nitrogens with zero attached hydrogens (tertiary/aromatic N) is 4. The SMILES string of the molecule is CNc1nc(C)nnc1-c1ccc2nc(C)[nH]c2c1. The van der Waals surface area contributed by atoms with E-state index in [1.807, 2.05) is 39.1 Å². The summed E-state index contributed by atoms with van der Waals surface area (Å²) in [5.74, 6) is 2.27. The van der Waals surface area contributed by atoms with Gasteiger partial charge in [-0.1, -0.05) is 6.07 Å². The molecule has 0 saturated carbocycles. The Morgan fingerprint density at radius 2 is 1.95 bits per heavy atom. The molecule has 2 heterocycles. The second-order valence-electron chi connectivity index (χ2n) is 4.36. The number of H-pyrrole nitrogens is 1. The normalized spacial score (nSPS) is 10.9. The van der Waals surface area contributed by atoms with Gasteiger partial charge in [-0.25, -0.2) is 9.97 Å². The molecule has 1 aromatic carbocycles. The molecule has 0 aliphatic heterocycles. The highest BCUT2D eigenvalue weighted by Gasteiger charge is 2.10. The molecule has 0 atom stereocenters. The van der Waals surface area contributed by atoms with Crippen LogP contribution in [0.3, 0.4) is 0 Å². The van der Waals surface area contributed by atoms with Crippen LogP contribution in [0.15, 0.2) is 18.2 Å². The van der Waals surface area contributed by atoms with Gasteiger partial charge < -0.3 is 10.3 Å². The van der Waals surface area contributed by atoms with Crippen molar-refractivity contribution in [2.75, 3.05) is 12.4 Å². The van der Waals surface area contributed by atoms with Crippen molar-refractivity contribution in [2.45, 2.75) is 13.8 Å². The Morgan fingerprint density at radius 3 is 2.74 bits per heavy atom. The number of nitrogens with one attached hydrogen (secondary N) is 2. The Labute approximate surface area is 110 Å². The van der Waals surface area contributed by atoms with E-state index >= 15 is 0 Å². The quantitative estimate of drug-likeness (QED) is 0.732. The molecule has 0 saturated heterocycles. The van der Waals surface area contributed by atoms with Crippen molar-refractivity contribution in [3.05, 3.63) is 29.8 Å². The summed E-state index contributed by atoms with van der Waals surface area (Å²) < 4.78 is 0. The molecule has 3 rings (SSSR count). The fourth-order valence-electron chi connectivity index (χ4n) is 2.06. The molecular formula is C13H14N6. The van der Waals surface area contributed by atoms with Gasteiger partial charge in [-0.2, -0.15) is 0 Å². The van der Waals surface area contributed by atoms with Gasteiger partial charge in [0.2, 0.25) is 0 Å². The van der Waals surface area contributed by atoms with Crippen LogP contribution in [0.2, 0.25) is 0 Å². The second-order valence-corrected chi connectivity index (χ2v) is 4.36. The lowest BCUT2D eigenvalue weighted by atomic mass is 10.1. The summed E-state index contributed by atoms with van der Waals surface area (Å²) >= 11 is 0. The highest BCUT2D eigenvalue weighted by atomic mass is 15.2. The maximum atomic E-state index is 4.38. The van der Waals surface area contributed by atoms with Crippen molar-refractivity contribution in [3.8, 4) is 11.3 Å². The summed E-state index contributed by atoms with van der Waals surface area (Å²) in [7, 11) is 1.83. The summed E-state index contributed by atoms with van der Waals surface area (Å²) in [6.45, 7) is 3.75. The van der Waals surface area contributed by atoms with Crippen molar-refractivity contribution in [1.29, 1.82) is 0 Å². The lowest BCUT2D eigenvalue weighted by Gasteiger charge is -2.06. The highest BCUT2D eigenvalue weighted by molar-refractivity contribution is 5.83. The number of hydrogen-bond acceptors (Lipinski definition) is 5. The number of imidazole rings is 1. The Kier molecular flexibility index (Phi) is 2.63. The number of fused-ring (bicyclic) bond motifs is 1. The van der Waals surface area contributed by atoms with E-state index in [9.17, 15) is 0 Å². The first-order valence-electron chi connectivity index (χ1n) is 6.03. The van der Waals surface area contributed by atoms with Gasteiger partial charge in [-0.15, -0.1) is 10.2 Å². The van der Waals surface area contributed by atoms with Crippen LogP contribution in [-0.2, 0) is 0 Å². The summed E-state index contributed by atoms with van der Waals surface area (Å²) in [5, 5.41) is 11.3. The van der Waals surface area contributed by atoms with Gasteiger partial charge in [0.15, 0.2) is 5.82 Å². The summed E-state index contributed by atoms with van der Waals surface area (Å²) in [6.07, 6.45) is 0. The van der Waals surface area contributed by atoms with Crippen molar-refractivity contribution in [1.82, 2.24) is 25.1 Å². The molecular weight excluding hydrogens is 240 g/mol. The molecule has 0 aliphatic carbocycles. The number of aryl methyl sites for hydroxylation is 2. The minimum atomic E-state index is 0.645. The van der Waals surface area contributed by atoms with Gasteiger partial charge in [0.05, 0.1) is 11.0 Å². The number of hydrogen-bond donors (Lipinski definition) is 2. The van der Waals surface area contributed by atoms with Gasteiger partial charge >= 0.3 is 0 Å². The molecule has 2 N–H and O–H groups in total. The summed E-state index contributed by atoms with van der Waals surface area (Å²) in [6, 6.07) is 5.96. The zero-order valence-corrected chi connectivity index (χ0v) is 11.0. The van der Waals surface area contributed by atoms with Crippen molar-refractivity contribution < 1.29 is 0 Å². The standard InChI is InChI=1S/C13H14N6/c1-7-15-10-5-4-9(6-11(10)16-7)12-13(14-3)17-8(2)18-19-12/h4-6H,1-3H3,(H,15,16)(H,14,17,18). The lowest BCUT2D eigenvalue weighted by Crippen LogP contribution is -2.02. The van der Waals surface area contributed by atoms with E-state index in [-0.39, 0.29) is 0 Å². The topological polar surface area (TPSA) is 79.4 Å². The maximum absolute atomic E-state index is 4.38. The molecule has 6 nitrogen and oxygen atoms in total. The first-order chi connectivity index (χ1) is 9.17. The molecule has 19 heavy (non-hydrogen) atoms. The molecule has 3 aromatic rings. The van der Waals surface area contributed by atoms with E-state index < -0.39 is 0 Å². The predicted molar refractivity (Wildman–Crippen MR) is 73.9 cm³/mol. The average molecular weight is 254 g/mol. The van der Waals surface area contributed by atoms with E-state index in [1.165, 1.54) is 0 Å². The van der Waals surface area contributed by atoms with Gasteiger partial charge in [0.25, 0.3) is 0 Å². The van der Waals surface area contributed by atoms with E-state index in [4.69, 9.17) is 0 Å². The second kappa shape index (κ2) is 4.31. The van der Waals surface area contributed by atoms with Crippen molar-refractivity contribution >= 4 is 16.9 Å². The molecule has 0 bridgehead atoms. The van der Waals surface area contributed by atoms with Crippen LogP contribution in [0.25, 0.3) is 22.3 Å². The van der Waals surface area contributed by atoms with Crippen LogP contribution in [-0.4, -0.2) is 32.2 Å². The summed E-state index contributed by atoms with van der Waals surface area (Å²) in [5.41, 5.74) is 3.63. The molecule has 6 heteroatoms. The third-order valence-electron chi connectivity index (χ3n) is 2.90. The molecule has 2 aromatic heterocycles. The van der Waals surface area contributed by atoms with Crippen LogP contribution in [0.4, 0.5) is 5.82 Å². The fraction of sp³-hybridized carbons (Fsp3) is 0.231. The molecule has 0 unspecified atom stereocenters. The minimum absolute atomic E-state index is 0.645. The first kappa shape index (κ1) is 11.6. The van der Waals surface area contributed by atoms with Crippen LogP contribution in [0, 0.1) is 13.8 Å². The number of benzene rings is 1. The van der Waals surface area contributed by atoms with E-state index in [1.54, 1.807) is 0 Å². The zero-order valence-electron chi connectivity index (χ0n) is 11.0. The Morgan fingerprint density at radius 1 is 1.11 bits per heavy atom. The Balaban J connectivity index is 2.18. The van der Waals surface area contributed by atoms with E-state index in [0.29, 0.717) is 5.82 Å². The van der Waals surface area contributed by atoms with Gasteiger partial charge in [0.1, 0.15) is 17.3 Å².